The van der Waals surface area contributed by atoms with E-state index in [-0.39, 0.29) is 11.4 Å². The van der Waals surface area contributed by atoms with Gasteiger partial charge in [-0.25, -0.2) is 18.1 Å². The minimum absolute atomic E-state index is 0.239. The molecule has 0 aliphatic carbocycles. The Balaban J connectivity index is 1.80. The number of imidazole rings is 1. The quantitative estimate of drug-likeness (QED) is 0.804. The van der Waals surface area contributed by atoms with Gasteiger partial charge >= 0.3 is 0 Å². The number of nitrogens with one attached hydrogen (secondary N) is 1. The molecule has 22 heavy (non-hydrogen) atoms. The molecule has 3 aromatic rings. The largest absolute Gasteiger partial charge is 0.334 e. The van der Waals surface area contributed by atoms with Crippen molar-refractivity contribution < 1.29 is 8.42 Å². The van der Waals surface area contributed by atoms with Crippen LogP contribution >= 0.6 is 0 Å². The molecule has 114 valence electrons. The topological polar surface area (TPSA) is 64.0 Å². The van der Waals surface area contributed by atoms with Gasteiger partial charge in [0.15, 0.2) is 0 Å². The Bertz CT molecular complexity index is 929. The average Bonchev–Trinajstić information content (AvgIpc) is 2.86. The molecule has 0 aliphatic rings. The molecule has 0 fully saturated rings. The molecule has 0 bridgehead atoms. The van der Waals surface area contributed by atoms with Crippen LogP contribution < -0.4 is 4.72 Å². The molecule has 6 heteroatoms. The highest BCUT2D eigenvalue weighted by Crippen LogP contribution is 2.15. The van der Waals surface area contributed by atoms with E-state index >= 15 is 0 Å². The summed E-state index contributed by atoms with van der Waals surface area (Å²) in [5.74, 6) is 0. The summed E-state index contributed by atoms with van der Waals surface area (Å²) >= 11 is 0. The standard InChI is InChI=1S/C16H17N3O2S/c1-12-4-3-5-14(8-12)22(20,21)18-10-13-6-7-16-15(9-13)17-11-19(16)2/h3-9,11,18H,10H2,1-2H3. The lowest BCUT2D eigenvalue weighted by Crippen LogP contribution is -2.23. The van der Waals surface area contributed by atoms with Crippen LogP contribution in [0, 0.1) is 6.92 Å². The van der Waals surface area contributed by atoms with Crippen LogP contribution in [0.1, 0.15) is 11.1 Å². The zero-order valence-corrected chi connectivity index (χ0v) is 13.3. The third-order valence-corrected chi connectivity index (χ3v) is 4.95. The number of benzene rings is 2. The first-order chi connectivity index (χ1) is 10.5. The van der Waals surface area contributed by atoms with Crippen LogP contribution in [-0.4, -0.2) is 18.0 Å². The maximum atomic E-state index is 12.3. The van der Waals surface area contributed by atoms with E-state index in [2.05, 4.69) is 9.71 Å². The monoisotopic (exact) mass is 315 g/mol. The number of nitrogens with zero attached hydrogens (tertiary/aromatic N) is 2. The molecule has 1 N–H and O–H groups in total. The van der Waals surface area contributed by atoms with Crippen molar-refractivity contribution in [3.8, 4) is 0 Å². The number of sulfonamides is 1. The molecule has 3 rings (SSSR count). The molecule has 0 amide bonds. The summed E-state index contributed by atoms with van der Waals surface area (Å²) in [7, 11) is -1.58. The van der Waals surface area contributed by atoms with Gasteiger partial charge in [0.2, 0.25) is 10.0 Å². The number of aromatic nitrogens is 2. The van der Waals surface area contributed by atoms with E-state index in [0.717, 1.165) is 22.2 Å². The molecule has 0 unspecified atom stereocenters. The van der Waals surface area contributed by atoms with E-state index in [9.17, 15) is 8.42 Å². The highest BCUT2D eigenvalue weighted by atomic mass is 32.2. The summed E-state index contributed by atoms with van der Waals surface area (Å²) in [6.07, 6.45) is 1.74. The molecule has 2 aromatic carbocycles. The number of hydrogen-bond acceptors (Lipinski definition) is 3. The first kappa shape index (κ1) is 14.7. The molecule has 0 saturated carbocycles. The highest BCUT2D eigenvalue weighted by Gasteiger charge is 2.13. The Morgan fingerprint density at radius 3 is 2.77 bits per heavy atom. The zero-order chi connectivity index (χ0) is 15.7. The van der Waals surface area contributed by atoms with Crippen LogP contribution in [0.25, 0.3) is 11.0 Å². The fourth-order valence-corrected chi connectivity index (χ4v) is 3.46. The second-order valence-corrected chi connectivity index (χ2v) is 7.09. The van der Waals surface area contributed by atoms with E-state index in [4.69, 9.17) is 0 Å². The minimum Gasteiger partial charge on any atom is -0.334 e. The van der Waals surface area contributed by atoms with Gasteiger partial charge in [0.1, 0.15) is 0 Å². The third kappa shape index (κ3) is 2.88. The first-order valence-electron chi connectivity index (χ1n) is 6.92. The number of hydrogen-bond donors (Lipinski definition) is 1. The lowest BCUT2D eigenvalue weighted by molar-refractivity contribution is 0.581. The van der Waals surface area contributed by atoms with Crippen molar-refractivity contribution in [2.24, 2.45) is 7.05 Å². The Kier molecular flexibility index (Phi) is 3.72. The van der Waals surface area contributed by atoms with Gasteiger partial charge in [0.05, 0.1) is 22.3 Å². The second kappa shape index (κ2) is 5.55. The van der Waals surface area contributed by atoms with Gasteiger partial charge in [-0.3, -0.25) is 0 Å². The average molecular weight is 315 g/mol. The normalized spacial score (nSPS) is 11.9. The summed E-state index contributed by atoms with van der Waals surface area (Å²) in [4.78, 5) is 4.56. The Morgan fingerprint density at radius 1 is 1.18 bits per heavy atom. The van der Waals surface area contributed by atoms with Gasteiger partial charge in [0, 0.05) is 13.6 Å². The van der Waals surface area contributed by atoms with Crippen molar-refractivity contribution in [3.05, 3.63) is 59.9 Å². The Labute approximate surface area is 129 Å². The smallest absolute Gasteiger partial charge is 0.240 e. The lowest BCUT2D eigenvalue weighted by atomic mass is 10.2. The summed E-state index contributed by atoms with van der Waals surface area (Å²) in [6, 6.07) is 12.6. The molecule has 0 atom stereocenters. The molecular formula is C16H17N3O2S. The van der Waals surface area contributed by atoms with Crippen LogP contribution in [-0.2, 0) is 23.6 Å². The van der Waals surface area contributed by atoms with Crippen molar-refractivity contribution in [2.75, 3.05) is 0 Å². The predicted octanol–water partition coefficient (Wildman–Crippen LogP) is 2.36. The molecule has 1 heterocycles. The zero-order valence-electron chi connectivity index (χ0n) is 12.4. The van der Waals surface area contributed by atoms with Crippen molar-refractivity contribution >= 4 is 21.1 Å². The SMILES string of the molecule is Cc1cccc(S(=O)(=O)NCc2ccc3c(c2)ncn3C)c1. The second-order valence-electron chi connectivity index (χ2n) is 5.32. The summed E-state index contributed by atoms with van der Waals surface area (Å²) in [5, 5.41) is 0. The van der Waals surface area contributed by atoms with E-state index in [1.54, 1.807) is 24.5 Å². The lowest BCUT2D eigenvalue weighted by Gasteiger charge is -2.08. The van der Waals surface area contributed by atoms with E-state index in [1.807, 2.05) is 42.8 Å². The van der Waals surface area contributed by atoms with Crippen LogP contribution in [0.5, 0.6) is 0 Å². The van der Waals surface area contributed by atoms with Crippen molar-refractivity contribution in [2.45, 2.75) is 18.4 Å². The minimum atomic E-state index is -3.50. The van der Waals surface area contributed by atoms with Gasteiger partial charge in [0.25, 0.3) is 0 Å². The first-order valence-corrected chi connectivity index (χ1v) is 8.40. The number of rotatable bonds is 4. The fourth-order valence-electron chi connectivity index (χ4n) is 2.34. The van der Waals surface area contributed by atoms with E-state index in [1.165, 1.54) is 0 Å². The Hall–Kier alpha value is -2.18. The molecule has 0 spiro atoms. The van der Waals surface area contributed by atoms with Gasteiger partial charge in [-0.05, 0) is 42.3 Å². The molecule has 0 aliphatic heterocycles. The van der Waals surface area contributed by atoms with Crippen LogP contribution in [0.3, 0.4) is 0 Å². The van der Waals surface area contributed by atoms with Gasteiger partial charge in [-0.15, -0.1) is 0 Å². The van der Waals surface area contributed by atoms with Gasteiger partial charge in [-0.1, -0.05) is 18.2 Å². The van der Waals surface area contributed by atoms with Crippen molar-refractivity contribution in [1.82, 2.24) is 14.3 Å². The van der Waals surface area contributed by atoms with Crippen molar-refractivity contribution in [1.29, 1.82) is 0 Å². The third-order valence-electron chi connectivity index (χ3n) is 3.56. The van der Waals surface area contributed by atoms with Crippen LogP contribution in [0.2, 0.25) is 0 Å². The maximum Gasteiger partial charge on any atom is 0.240 e. The molecular weight excluding hydrogens is 298 g/mol. The number of aryl methyl sites for hydroxylation is 2. The summed E-state index contributed by atoms with van der Waals surface area (Å²) in [5.41, 5.74) is 3.67. The molecule has 1 aromatic heterocycles. The van der Waals surface area contributed by atoms with E-state index in [0.29, 0.717) is 0 Å². The number of fused-ring (bicyclic) bond motifs is 1. The van der Waals surface area contributed by atoms with Crippen LogP contribution in [0.4, 0.5) is 0 Å². The van der Waals surface area contributed by atoms with Gasteiger partial charge < -0.3 is 4.57 Å². The summed E-state index contributed by atoms with van der Waals surface area (Å²) in [6.45, 7) is 2.11. The van der Waals surface area contributed by atoms with Crippen molar-refractivity contribution in [3.63, 3.8) is 0 Å². The molecule has 0 saturated heterocycles. The fraction of sp³-hybridized carbons (Fsp3) is 0.188. The maximum absolute atomic E-state index is 12.3. The van der Waals surface area contributed by atoms with E-state index < -0.39 is 10.0 Å². The highest BCUT2D eigenvalue weighted by molar-refractivity contribution is 7.89. The predicted molar refractivity (Wildman–Crippen MR) is 85.9 cm³/mol. The molecule has 5 nitrogen and oxygen atoms in total. The van der Waals surface area contributed by atoms with Gasteiger partial charge in [-0.2, -0.15) is 0 Å². The van der Waals surface area contributed by atoms with Crippen LogP contribution in [0.15, 0.2) is 53.7 Å². The molecule has 0 radical (unpaired) electrons. The Morgan fingerprint density at radius 2 is 2.00 bits per heavy atom. The summed E-state index contributed by atoms with van der Waals surface area (Å²) < 4.78 is 29.1.